The fraction of sp³-hybridized carbons (Fsp3) is 0.308. The van der Waals surface area contributed by atoms with Gasteiger partial charge < -0.3 is 10.3 Å². The number of benzene rings is 1. The van der Waals surface area contributed by atoms with Gasteiger partial charge in [-0.15, -0.1) is 5.10 Å². The summed E-state index contributed by atoms with van der Waals surface area (Å²) in [4.78, 5) is 5.67. The molecular formula is C13H15N5S. The molecule has 0 fully saturated rings. The average Bonchev–Trinajstić information content (AvgIpc) is 2.95. The Morgan fingerprint density at radius 1 is 1.37 bits per heavy atom. The largest absolute Gasteiger partial charge is 0.331 e. The van der Waals surface area contributed by atoms with Crippen molar-refractivity contribution < 1.29 is 0 Å². The lowest BCUT2D eigenvalue weighted by Gasteiger charge is -2.09. The number of aromatic nitrogens is 4. The van der Waals surface area contributed by atoms with Gasteiger partial charge in [0.2, 0.25) is 0 Å². The van der Waals surface area contributed by atoms with Gasteiger partial charge in [-0.2, -0.15) is 0 Å². The number of fused-ring (bicyclic) bond motifs is 1. The van der Waals surface area contributed by atoms with Crippen molar-refractivity contribution in [3.05, 3.63) is 40.7 Å². The van der Waals surface area contributed by atoms with Gasteiger partial charge in [-0.25, -0.2) is 4.98 Å². The highest BCUT2D eigenvalue weighted by atomic mass is 32.1. The van der Waals surface area contributed by atoms with Gasteiger partial charge in [0.15, 0.2) is 0 Å². The molecule has 0 aliphatic rings. The maximum Gasteiger partial charge on any atom is 0.111 e. The zero-order valence-electron chi connectivity index (χ0n) is 10.9. The maximum atomic E-state index is 6.24. The smallest absolute Gasteiger partial charge is 0.111 e. The van der Waals surface area contributed by atoms with Crippen LogP contribution in [-0.2, 0) is 13.5 Å². The Bertz CT molecular complexity index is 715. The summed E-state index contributed by atoms with van der Waals surface area (Å²) < 4.78 is 6.03. The van der Waals surface area contributed by atoms with E-state index in [4.69, 9.17) is 5.73 Å². The summed E-state index contributed by atoms with van der Waals surface area (Å²) in [7, 11) is 2.02. The van der Waals surface area contributed by atoms with E-state index in [-0.39, 0.29) is 6.04 Å². The number of aryl methyl sites for hydroxylation is 2. The Labute approximate surface area is 115 Å². The normalized spacial score (nSPS) is 13.0. The summed E-state index contributed by atoms with van der Waals surface area (Å²) in [6.07, 6.45) is 0.690. The lowest BCUT2D eigenvalue weighted by Crippen LogP contribution is -2.15. The lowest BCUT2D eigenvalue weighted by molar-refractivity contribution is 0.670. The molecule has 1 atom stereocenters. The van der Waals surface area contributed by atoms with Crippen molar-refractivity contribution in [3.8, 4) is 0 Å². The predicted molar refractivity (Wildman–Crippen MR) is 76.0 cm³/mol. The van der Waals surface area contributed by atoms with Gasteiger partial charge >= 0.3 is 0 Å². The summed E-state index contributed by atoms with van der Waals surface area (Å²) in [5.74, 6) is 0.988. The Morgan fingerprint density at radius 3 is 2.84 bits per heavy atom. The number of nitrogens with zero attached hydrogens (tertiary/aromatic N) is 4. The highest BCUT2D eigenvalue weighted by Crippen LogP contribution is 2.23. The molecule has 2 N–H and O–H groups in total. The van der Waals surface area contributed by atoms with Crippen molar-refractivity contribution in [1.29, 1.82) is 0 Å². The first kappa shape index (κ1) is 12.3. The molecule has 1 unspecified atom stereocenters. The standard InChI is InChI=1S/C13H15N5S/c1-8-13(19-17-16-8)9(14)7-12-15-10-5-3-4-6-11(10)18(12)2/h3-6,9H,7,14H2,1-2H3. The number of imidazole rings is 1. The monoisotopic (exact) mass is 273 g/mol. The molecule has 0 aliphatic carbocycles. The van der Waals surface area contributed by atoms with E-state index in [0.29, 0.717) is 6.42 Å². The van der Waals surface area contributed by atoms with E-state index in [1.807, 2.05) is 32.2 Å². The third-order valence-corrected chi connectivity index (χ3v) is 4.26. The highest BCUT2D eigenvalue weighted by molar-refractivity contribution is 7.05. The van der Waals surface area contributed by atoms with E-state index in [1.54, 1.807) is 0 Å². The number of para-hydroxylation sites is 2. The first-order chi connectivity index (χ1) is 9.16. The van der Waals surface area contributed by atoms with Gasteiger partial charge in [0.05, 0.1) is 21.6 Å². The van der Waals surface area contributed by atoms with Crippen molar-refractivity contribution >= 4 is 22.6 Å². The Hall–Kier alpha value is -1.79. The van der Waals surface area contributed by atoms with Gasteiger partial charge in [0.25, 0.3) is 0 Å². The molecule has 3 rings (SSSR count). The van der Waals surface area contributed by atoms with Crippen LogP contribution in [0.2, 0.25) is 0 Å². The molecule has 0 spiro atoms. The van der Waals surface area contributed by atoms with Crippen molar-refractivity contribution in [2.24, 2.45) is 12.8 Å². The average molecular weight is 273 g/mol. The molecule has 5 nitrogen and oxygen atoms in total. The summed E-state index contributed by atoms with van der Waals surface area (Å²) in [5.41, 5.74) is 9.29. The second-order valence-corrected chi connectivity index (χ2v) is 5.39. The van der Waals surface area contributed by atoms with Crippen LogP contribution >= 0.6 is 11.5 Å². The van der Waals surface area contributed by atoms with Crippen molar-refractivity contribution in [2.75, 3.05) is 0 Å². The molecule has 0 saturated heterocycles. The van der Waals surface area contributed by atoms with Crippen LogP contribution in [0.3, 0.4) is 0 Å². The Kier molecular flexibility index (Phi) is 3.04. The molecule has 0 aliphatic heterocycles. The molecule has 6 heteroatoms. The third kappa shape index (κ3) is 2.13. The molecule has 0 amide bonds. The van der Waals surface area contributed by atoms with Crippen molar-refractivity contribution in [3.63, 3.8) is 0 Å². The van der Waals surface area contributed by atoms with E-state index in [0.717, 1.165) is 27.4 Å². The van der Waals surface area contributed by atoms with Gasteiger partial charge in [0.1, 0.15) is 5.82 Å². The number of hydrogen-bond acceptors (Lipinski definition) is 5. The summed E-state index contributed by atoms with van der Waals surface area (Å²) in [6, 6.07) is 8.00. The van der Waals surface area contributed by atoms with Crippen LogP contribution in [0.25, 0.3) is 11.0 Å². The van der Waals surface area contributed by atoms with Gasteiger partial charge in [-0.05, 0) is 30.6 Å². The van der Waals surface area contributed by atoms with E-state index in [2.05, 4.69) is 25.2 Å². The van der Waals surface area contributed by atoms with Gasteiger partial charge in [0, 0.05) is 19.5 Å². The second-order valence-electron chi connectivity index (χ2n) is 4.61. The summed E-state index contributed by atoms with van der Waals surface area (Å²) in [5, 5.41) is 4.01. The molecule has 98 valence electrons. The molecule has 1 aromatic carbocycles. The van der Waals surface area contributed by atoms with E-state index < -0.39 is 0 Å². The SMILES string of the molecule is Cc1nnsc1C(N)Cc1nc2ccccc2n1C. The highest BCUT2D eigenvalue weighted by Gasteiger charge is 2.17. The van der Waals surface area contributed by atoms with Crippen LogP contribution in [-0.4, -0.2) is 19.1 Å². The zero-order chi connectivity index (χ0) is 13.4. The zero-order valence-corrected chi connectivity index (χ0v) is 11.7. The van der Waals surface area contributed by atoms with Crippen LogP contribution in [0.1, 0.15) is 22.4 Å². The molecular weight excluding hydrogens is 258 g/mol. The Morgan fingerprint density at radius 2 is 2.16 bits per heavy atom. The first-order valence-electron chi connectivity index (χ1n) is 6.11. The van der Waals surface area contributed by atoms with Crippen LogP contribution < -0.4 is 5.73 Å². The number of rotatable bonds is 3. The minimum Gasteiger partial charge on any atom is -0.331 e. The van der Waals surface area contributed by atoms with Crippen LogP contribution in [0.5, 0.6) is 0 Å². The second kappa shape index (κ2) is 4.71. The molecule has 0 bridgehead atoms. The van der Waals surface area contributed by atoms with Crippen LogP contribution in [0.15, 0.2) is 24.3 Å². The molecule has 0 saturated carbocycles. The number of nitrogens with two attached hydrogens (primary N) is 1. The minimum atomic E-state index is -0.101. The molecule has 2 aromatic heterocycles. The molecule has 2 heterocycles. The topological polar surface area (TPSA) is 69.6 Å². The fourth-order valence-electron chi connectivity index (χ4n) is 2.24. The Balaban J connectivity index is 1.93. The molecule has 0 radical (unpaired) electrons. The van der Waals surface area contributed by atoms with Crippen LogP contribution in [0, 0.1) is 6.92 Å². The molecule has 19 heavy (non-hydrogen) atoms. The number of hydrogen-bond donors (Lipinski definition) is 1. The van der Waals surface area contributed by atoms with E-state index in [9.17, 15) is 0 Å². The van der Waals surface area contributed by atoms with Gasteiger partial charge in [-0.3, -0.25) is 0 Å². The quantitative estimate of drug-likeness (QED) is 0.792. The third-order valence-electron chi connectivity index (χ3n) is 3.31. The predicted octanol–water partition coefficient (Wildman–Crippen LogP) is 1.98. The summed E-state index contributed by atoms with van der Waals surface area (Å²) in [6.45, 7) is 1.94. The molecule has 3 aromatic rings. The van der Waals surface area contributed by atoms with Gasteiger partial charge in [-0.1, -0.05) is 16.6 Å². The van der Waals surface area contributed by atoms with Crippen LogP contribution in [0.4, 0.5) is 0 Å². The van der Waals surface area contributed by atoms with Crippen molar-refractivity contribution in [2.45, 2.75) is 19.4 Å². The first-order valence-corrected chi connectivity index (χ1v) is 6.89. The lowest BCUT2D eigenvalue weighted by atomic mass is 10.1. The maximum absolute atomic E-state index is 6.24. The fourth-order valence-corrected chi connectivity index (χ4v) is 2.89. The van der Waals surface area contributed by atoms with E-state index in [1.165, 1.54) is 11.5 Å². The minimum absolute atomic E-state index is 0.101. The van der Waals surface area contributed by atoms with Crippen molar-refractivity contribution in [1.82, 2.24) is 19.1 Å². The van der Waals surface area contributed by atoms with E-state index >= 15 is 0 Å². The summed E-state index contributed by atoms with van der Waals surface area (Å²) >= 11 is 1.37.